The molecule has 1 aromatic heterocycles. The van der Waals surface area contributed by atoms with E-state index < -0.39 is 4.92 Å². The summed E-state index contributed by atoms with van der Waals surface area (Å²) in [7, 11) is 0. The molecule has 0 unspecified atom stereocenters. The molecule has 0 spiro atoms. The summed E-state index contributed by atoms with van der Waals surface area (Å²) in [6, 6.07) is 9.70. The average molecular weight is 303 g/mol. The summed E-state index contributed by atoms with van der Waals surface area (Å²) in [5.41, 5.74) is 2.62. The lowest BCUT2D eigenvalue weighted by molar-refractivity contribution is -0.382. The molecule has 0 fully saturated rings. The van der Waals surface area contributed by atoms with E-state index in [0.29, 0.717) is 16.8 Å². The van der Waals surface area contributed by atoms with E-state index in [1.54, 1.807) is 35.8 Å². The van der Waals surface area contributed by atoms with Gasteiger partial charge in [0.05, 0.1) is 15.1 Å². The number of nitrogens with one attached hydrogen (secondary N) is 1. The molecule has 0 saturated heterocycles. The molecular formula is C14H10FN3O2S. The molecule has 7 heteroatoms. The molecule has 3 aromatic rings. The van der Waals surface area contributed by atoms with Crippen LogP contribution < -0.4 is 5.32 Å². The number of nitro groups is 1. The minimum Gasteiger partial charge on any atom is -0.375 e. The number of nitro benzene ring substituents is 1. The number of thiazole rings is 1. The fraction of sp³-hybridized carbons (Fsp3) is 0.0714. The number of hydrogen-bond acceptors (Lipinski definition) is 5. The van der Waals surface area contributed by atoms with Crippen molar-refractivity contribution in [1.82, 2.24) is 4.98 Å². The van der Waals surface area contributed by atoms with Crippen LogP contribution in [0.1, 0.15) is 5.56 Å². The third kappa shape index (κ3) is 2.55. The van der Waals surface area contributed by atoms with E-state index in [9.17, 15) is 14.5 Å². The first-order chi connectivity index (χ1) is 10.2. The van der Waals surface area contributed by atoms with E-state index in [-0.39, 0.29) is 18.0 Å². The third-order valence-corrected chi connectivity index (χ3v) is 3.88. The zero-order valence-corrected chi connectivity index (χ0v) is 11.6. The monoisotopic (exact) mass is 303 g/mol. The predicted octanol–water partition coefficient (Wildman–Crippen LogP) is 3.96. The van der Waals surface area contributed by atoms with Crippen LogP contribution in [0, 0.1) is 15.9 Å². The molecule has 0 atom stereocenters. The minimum absolute atomic E-state index is 0.0786. The quantitative estimate of drug-likeness (QED) is 0.585. The van der Waals surface area contributed by atoms with Gasteiger partial charge in [0.1, 0.15) is 11.5 Å². The molecule has 21 heavy (non-hydrogen) atoms. The first-order valence-corrected chi connectivity index (χ1v) is 7.02. The molecule has 0 amide bonds. The molecule has 2 aromatic carbocycles. The predicted molar refractivity (Wildman–Crippen MR) is 80.0 cm³/mol. The van der Waals surface area contributed by atoms with Crippen LogP contribution in [-0.4, -0.2) is 9.91 Å². The molecule has 0 aliphatic heterocycles. The van der Waals surface area contributed by atoms with Gasteiger partial charge in [0, 0.05) is 12.1 Å². The van der Waals surface area contributed by atoms with Gasteiger partial charge in [-0.05, 0) is 18.2 Å². The van der Waals surface area contributed by atoms with Crippen molar-refractivity contribution in [3.05, 3.63) is 63.4 Å². The normalized spacial score (nSPS) is 10.7. The fourth-order valence-corrected chi connectivity index (χ4v) is 2.76. The van der Waals surface area contributed by atoms with Gasteiger partial charge in [0.15, 0.2) is 5.52 Å². The van der Waals surface area contributed by atoms with Gasteiger partial charge in [-0.3, -0.25) is 10.1 Å². The number of rotatable bonds is 4. The highest BCUT2D eigenvalue weighted by Crippen LogP contribution is 2.34. The topological polar surface area (TPSA) is 68.1 Å². The third-order valence-electron chi connectivity index (χ3n) is 3.09. The summed E-state index contributed by atoms with van der Waals surface area (Å²) in [5, 5.41) is 14.2. The Hall–Kier alpha value is -2.54. The van der Waals surface area contributed by atoms with E-state index in [2.05, 4.69) is 10.3 Å². The van der Waals surface area contributed by atoms with Crippen LogP contribution in [0.2, 0.25) is 0 Å². The smallest absolute Gasteiger partial charge is 0.319 e. The molecule has 1 N–H and O–H groups in total. The number of nitrogens with zero attached hydrogens (tertiary/aromatic N) is 2. The number of halogens is 1. The van der Waals surface area contributed by atoms with Crippen molar-refractivity contribution in [1.29, 1.82) is 0 Å². The van der Waals surface area contributed by atoms with Gasteiger partial charge in [-0.25, -0.2) is 9.37 Å². The maximum atomic E-state index is 13.6. The van der Waals surface area contributed by atoms with E-state index in [1.165, 1.54) is 17.4 Å². The Bertz CT molecular complexity index is 819. The lowest BCUT2D eigenvalue weighted by Gasteiger charge is -2.08. The van der Waals surface area contributed by atoms with Crippen LogP contribution in [0.5, 0.6) is 0 Å². The summed E-state index contributed by atoms with van der Waals surface area (Å²) in [5.74, 6) is -0.345. The van der Waals surface area contributed by atoms with Crippen LogP contribution in [-0.2, 0) is 6.54 Å². The van der Waals surface area contributed by atoms with Crippen molar-refractivity contribution in [3.63, 3.8) is 0 Å². The fourth-order valence-electron chi connectivity index (χ4n) is 2.08. The first kappa shape index (κ1) is 13.4. The SMILES string of the molecule is O=[N+]([O-])c1c(NCc2ccccc2F)ccc2scnc12. The molecule has 0 aliphatic carbocycles. The van der Waals surface area contributed by atoms with E-state index in [0.717, 1.165) is 4.70 Å². The molecular weight excluding hydrogens is 293 g/mol. The molecule has 0 aliphatic rings. The molecule has 0 radical (unpaired) electrons. The van der Waals surface area contributed by atoms with Crippen molar-refractivity contribution in [2.45, 2.75) is 6.54 Å². The first-order valence-electron chi connectivity index (χ1n) is 6.14. The number of hydrogen-bond donors (Lipinski definition) is 1. The highest BCUT2D eigenvalue weighted by Gasteiger charge is 2.20. The number of aromatic nitrogens is 1. The lowest BCUT2D eigenvalue weighted by atomic mass is 10.2. The van der Waals surface area contributed by atoms with Crippen molar-refractivity contribution >= 4 is 32.9 Å². The van der Waals surface area contributed by atoms with Crippen molar-refractivity contribution in [2.24, 2.45) is 0 Å². The number of anilines is 1. The van der Waals surface area contributed by atoms with Gasteiger partial charge in [0.25, 0.3) is 0 Å². The second-order valence-corrected chi connectivity index (χ2v) is 5.25. The van der Waals surface area contributed by atoms with Gasteiger partial charge in [-0.1, -0.05) is 18.2 Å². The van der Waals surface area contributed by atoms with E-state index in [4.69, 9.17) is 0 Å². The van der Waals surface area contributed by atoms with Crippen LogP contribution in [0.15, 0.2) is 41.9 Å². The van der Waals surface area contributed by atoms with E-state index >= 15 is 0 Å². The Kier molecular flexibility index (Phi) is 3.49. The van der Waals surface area contributed by atoms with Gasteiger partial charge in [0.2, 0.25) is 0 Å². The second-order valence-electron chi connectivity index (χ2n) is 4.36. The van der Waals surface area contributed by atoms with Crippen LogP contribution in [0.25, 0.3) is 10.2 Å². The van der Waals surface area contributed by atoms with Gasteiger partial charge >= 0.3 is 5.69 Å². The maximum absolute atomic E-state index is 13.6. The summed E-state index contributed by atoms with van der Waals surface area (Å²) < 4.78 is 14.3. The van der Waals surface area contributed by atoms with Crippen molar-refractivity contribution in [3.8, 4) is 0 Å². The largest absolute Gasteiger partial charge is 0.375 e. The lowest BCUT2D eigenvalue weighted by Crippen LogP contribution is -2.04. The van der Waals surface area contributed by atoms with Crippen molar-refractivity contribution in [2.75, 3.05) is 5.32 Å². The van der Waals surface area contributed by atoms with E-state index in [1.807, 2.05) is 0 Å². The summed E-state index contributed by atoms with van der Waals surface area (Å²) in [4.78, 5) is 14.8. The number of benzene rings is 2. The zero-order valence-electron chi connectivity index (χ0n) is 10.7. The summed E-state index contributed by atoms with van der Waals surface area (Å²) >= 11 is 1.34. The minimum atomic E-state index is -0.467. The highest BCUT2D eigenvalue weighted by molar-refractivity contribution is 7.16. The Labute approximate surface area is 123 Å². The Balaban J connectivity index is 1.95. The van der Waals surface area contributed by atoms with Gasteiger partial charge < -0.3 is 5.32 Å². The maximum Gasteiger partial charge on any atom is 0.319 e. The molecule has 1 heterocycles. The Morgan fingerprint density at radius 1 is 1.29 bits per heavy atom. The zero-order chi connectivity index (χ0) is 14.8. The second kappa shape index (κ2) is 5.45. The van der Waals surface area contributed by atoms with Crippen LogP contribution in [0.3, 0.4) is 0 Å². The standard InChI is InChI=1S/C14H10FN3O2S/c15-10-4-2-1-3-9(10)7-16-11-5-6-12-13(17-8-21-12)14(11)18(19)20/h1-6,8,16H,7H2. The average Bonchev–Trinajstić information content (AvgIpc) is 2.93. The molecule has 106 valence electrons. The highest BCUT2D eigenvalue weighted by atomic mass is 32.1. The molecule has 5 nitrogen and oxygen atoms in total. The van der Waals surface area contributed by atoms with Gasteiger partial charge in [-0.15, -0.1) is 11.3 Å². The van der Waals surface area contributed by atoms with Crippen molar-refractivity contribution < 1.29 is 9.31 Å². The van der Waals surface area contributed by atoms with Crippen LogP contribution >= 0.6 is 11.3 Å². The Morgan fingerprint density at radius 3 is 2.86 bits per heavy atom. The Morgan fingerprint density at radius 2 is 2.10 bits per heavy atom. The van der Waals surface area contributed by atoms with Gasteiger partial charge in [-0.2, -0.15) is 0 Å². The summed E-state index contributed by atoms with van der Waals surface area (Å²) in [6.07, 6.45) is 0. The van der Waals surface area contributed by atoms with Crippen LogP contribution in [0.4, 0.5) is 15.8 Å². The number of fused-ring (bicyclic) bond motifs is 1. The molecule has 3 rings (SSSR count). The molecule has 0 bridgehead atoms. The molecule has 0 saturated carbocycles. The summed E-state index contributed by atoms with van der Waals surface area (Å²) in [6.45, 7) is 0.170.